The molecule has 0 bridgehead atoms. The molecule has 0 atom stereocenters. The van der Waals surface area contributed by atoms with Crippen molar-refractivity contribution in [2.75, 3.05) is 0 Å². The van der Waals surface area contributed by atoms with Crippen LogP contribution in [0.25, 0.3) is 5.82 Å². The molecule has 0 unspecified atom stereocenters. The van der Waals surface area contributed by atoms with Gasteiger partial charge in [-0.2, -0.15) is 17.9 Å². The molecule has 0 aliphatic rings. The van der Waals surface area contributed by atoms with E-state index in [9.17, 15) is 18.0 Å². The summed E-state index contributed by atoms with van der Waals surface area (Å²) in [5.41, 5.74) is -1.67. The Morgan fingerprint density at radius 3 is 2.45 bits per heavy atom. The Morgan fingerprint density at radius 1 is 1.35 bits per heavy atom. The zero-order chi connectivity index (χ0) is 15.1. The minimum Gasteiger partial charge on any atom is -0.478 e. The number of carboxylic acids is 1. The average molecular weight is 307 g/mol. The molecular formula is C10H6ClF3N4O2. The van der Waals surface area contributed by atoms with Crippen LogP contribution in [0.1, 0.15) is 21.9 Å². The molecule has 6 nitrogen and oxygen atoms in total. The molecule has 10 heteroatoms. The number of hydrogen-bond acceptors (Lipinski definition) is 4. The van der Waals surface area contributed by atoms with Gasteiger partial charge in [0.05, 0.1) is 0 Å². The maximum atomic E-state index is 12.6. The number of nitrogens with zero attached hydrogens (tertiary/aromatic N) is 4. The van der Waals surface area contributed by atoms with Crippen molar-refractivity contribution in [2.45, 2.75) is 13.1 Å². The lowest BCUT2D eigenvalue weighted by Crippen LogP contribution is -2.15. The van der Waals surface area contributed by atoms with Crippen LogP contribution in [0.4, 0.5) is 13.2 Å². The highest BCUT2D eigenvalue weighted by Gasteiger charge is 2.34. The van der Waals surface area contributed by atoms with Crippen LogP contribution >= 0.6 is 11.6 Å². The summed E-state index contributed by atoms with van der Waals surface area (Å²) in [5.74, 6) is -1.82. The monoisotopic (exact) mass is 306 g/mol. The van der Waals surface area contributed by atoms with Gasteiger partial charge in [0.25, 0.3) is 0 Å². The fourth-order valence-electron chi connectivity index (χ4n) is 1.49. The summed E-state index contributed by atoms with van der Waals surface area (Å²) in [7, 11) is 0. The lowest BCUT2D eigenvalue weighted by atomic mass is 10.2. The van der Waals surface area contributed by atoms with Crippen molar-refractivity contribution in [1.82, 2.24) is 19.7 Å². The molecule has 1 N–H and O–H groups in total. The molecule has 0 radical (unpaired) electrons. The van der Waals surface area contributed by atoms with Crippen molar-refractivity contribution in [3.05, 3.63) is 34.5 Å². The smallest absolute Gasteiger partial charge is 0.433 e. The first kappa shape index (κ1) is 14.3. The van der Waals surface area contributed by atoms with E-state index in [1.54, 1.807) is 0 Å². The van der Waals surface area contributed by atoms with Gasteiger partial charge in [-0.1, -0.05) is 0 Å². The van der Waals surface area contributed by atoms with Crippen LogP contribution in [0.2, 0.25) is 5.28 Å². The summed E-state index contributed by atoms with van der Waals surface area (Å²) < 4.78 is 38.8. The Labute approximate surface area is 114 Å². The lowest BCUT2D eigenvalue weighted by molar-refractivity contribution is -0.141. The van der Waals surface area contributed by atoms with Gasteiger partial charge in [-0.15, -0.1) is 5.10 Å². The van der Waals surface area contributed by atoms with E-state index >= 15 is 0 Å². The van der Waals surface area contributed by atoms with Crippen LogP contribution < -0.4 is 0 Å². The second kappa shape index (κ2) is 4.75. The molecule has 2 aromatic rings. The van der Waals surface area contributed by atoms with Crippen LogP contribution in [0.5, 0.6) is 0 Å². The third-order valence-electron chi connectivity index (χ3n) is 2.34. The van der Waals surface area contributed by atoms with Crippen molar-refractivity contribution in [2.24, 2.45) is 0 Å². The molecule has 0 spiro atoms. The fourth-order valence-corrected chi connectivity index (χ4v) is 1.69. The van der Waals surface area contributed by atoms with E-state index in [-0.39, 0.29) is 11.1 Å². The highest BCUT2D eigenvalue weighted by molar-refractivity contribution is 6.28. The number of aromatic carboxylic acids is 1. The molecule has 2 aromatic heterocycles. The minimum atomic E-state index is -4.70. The lowest BCUT2D eigenvalue weighted by Gasteiger charge is -2.10. The highest BCUT2D eigenvalue weighted by Crippen LogP contribution is 2.29. The van der Waals surface area contributed by atoms with Gasteiger partial charge in [0.15, 0.2) is 5.82 Å². The summed E-state index contributed by atoms with van der Waals surface area (Å²) in [5, 5.41) is 12.4. The summed E-state index contributed by atoms with van der Waals surface area (Å²) in [4.78, 5) is 18.0. The standard InChI is InChI=1S/C10H6ClF3N4O2/c1-4-15-9(11)17-18(4)7-5(8(19)20)2-3-6(16-7)10(12,13)14/h2-3H,1H3,(H,19,20). The summed E-state index contributed by atoms with van der Waals surface area (Å²) in [6, 6.07) is 1.39. The number of carboxylic acid groups (broad SMARTS) is 1. The van der Waals surface area contributed by atoms with Gasteiger partial charge >= 0.3 is 12.1 Å². The number of carbonyl (C=O) groups is 1. The number of rotatable bonds is 2. The van der Waals surface area contributed by atoms with Crippen LogP contribution in [0, 0.1) is 6.92 Å². The first-order valence-corrected chi connectivity index (χ1v) is 5.49. The van der Waals surface area contributed by atoms with E-state index in [1.807, 2.05) is 0 Å². The maximum absolute atomic E-state index is 12.6. The number of hydrogen-bond donors (Lipinski definition) is 1. The first-order valence-electron chi connectivity index (χ1n) is 5.11. The Bertz CT molecular complexity index is 684. The normalized spacial score (nSPS) is 11.7. The molecule has 0 saturated heterocycles. The summed E-state index contributed by atoms with van der Waals surface area (Å²) in [6.07, 6.45) is -4.70. The number of aryl methyl sites for hydroxylation is 1. The van der Waals surface area contributed by atoms with E-state index < -0.39 is 29.2 Å². The quantitative estimate of drug-likeness (QED) is 0.921. The van der Waals surface area contributed by atoms with Crippen molar-refractivity contribution in [1.29, 1.82) is 0 Å². The second-order valence-corrected chi connectivity index (χ2v) is 4.05. The molecule has 0 aliphatic heterocycles. The third kappa shape index (κ3) is 2.57. The maximum Gasteiger partial charge on any atom is 0.433 e. The van der Waals surface area contributed by atoms with Crippen molar-refractivity contribution < 1.29 is 23.1 Å². The van der Waals surface area contributed by atoms with Crippen LogP contribution in [-0.2, 0) is 6.18 Å². The average Bonchev–Trinajstić information content (AvgIpc) is 2.66. The van der Waals surface area contributed by atoms with Crippen molar-refractivity contribution in [3.63, 3.8) is 0 Å². The molecular weight excluding hydrogens is 301 g/mol. The van der Waals surface area contributed by atoms with Gasteiger partial charge in [-0.25, -0.2) is 14.8 Å². The minimum absolute atomic E-state index is 0.115. The summed E-state index contributed by atoms with van der Waals surface area (Å²) >= 11 is 5.54. The Hall–Kier alpha value is -2.16. The van der Waals surface area contributed by atoms with Crippen LogP contribution in [-0.4, -0.2) is 30.8 Å². The van der Waals surface area contributed by atoms with Gasteiger partial charge in [0, 0.05) is 0 Å². The molecule has 2 rings (SSSR count). The zero-order valence-electron chi connectivity index (χ0n) is 9.81. The predicted octanol–water partition coefficient (Wildman–Crippen LogP) is 2.34. The van der Waals surface area contributed by atoms with E-state index in [2.05, 4.69) is 15.1 Å². The van der Waals surface area contributed by atoms with E-state index in [0.29, 0.717) is 6.07 Å². The van der Waals surface area contributed by atoms with Gasteiger partial charge in [0.1, 0.15) is 17.1 Å². The second-order valence-electron chi connectivity index (χ2n) is 3.71. The van der Waals surface area contributed by atoms with Crippen molar-refractivity contribution >= 4 is 17.6 Å². The molecule has 0 aliphatic carbocycles. The third-order valence-corrected chi connectivity index (χ3v) is 2.50. The number of alkyl halides is 3. The first-order chi connectivity index (χ1) is 9.20. The molecule has 0 amide bonds. The highest BCUT2D eigenvalue weighted by atomic mass is 35.5. The molecule has 106 valence electrons. The molecule has 20 heavy (non-hydrogen) atoms. The molecule has 0 saturated carbocycles. The number of halogens is 4. The van der Waals surface area contributed by atoms with Crippen LogP contribution in [0.3, 0.4) is 0 Å². The Kier molecular flexibility index (Phi) is 3.38. The fraction of sp³-hybridized carbons (Fsp3) is 0.200. The molecule has 2 heterocycles. The Morgan fingerprint density at radius 2 is 2.00 bits per heavy atom. The van der Waals surface area contributed by atoms with E-state index in [4.69, 9.17) is 16.7 Å². The number of aromatic nitrogens is 4. The van der Waals surface area contributed by atoms with Gasteiger partial charge < -0.3 is 5.11 Å². The molecule has 0 aromatic carbocycles. The SMILES string of the molecule is Cc1nc(Cl)nn1-c1nc(C(F)(F)F)ccc1C(=O)O. The van der Waals surface area contributed by atoms with Gasteiger partial charge in [-0.05, 0) is 30.7 Å². The largest absolute Gasteiger partial charge is 0.478 e. The number of pyridine rings is 1. The summed E-state index contributed by atoms with van der Waals surface area (Å²) in [6.45, 7) is 1.41. The zero-order valence-corrected chi connectivity index (χ0v) is 10.6. The van der Waals surface area contributed by atoms with Gasteiger partial charge in [-0.3, -0.25) is 0 Å². The molecule has 0 fully saturated rings. The van der Waals surface area contributed by atoms with E-state index in [1.165, 1.54) is 6.92 Å². The topological polar surface area (TPSA) is 80.9 Å². The van der Waals surface area contributed by atoms with Crippen LogP contribution in [0.15, 0.2) is 12.1 Å². The van der Waals surface area contributed by atoms with Gasteiger partial charge in [0.2, 0.25) is 5.28 Å². The Balaban J connectivity index is 2.71. The van der Waals surface area contributed by atoms with E-state index in [0.717, 1.165) is 10.7 Å². The predicted molar refractivity (Wildman–Crippen MR) is 60.9 cm³/mol. The van der Waals surface area contributed by atoms with Crippen molar-refractivity contribution in [3.8, 4) is 5.82 Å².